The summed E-state index contributed by atoms with van der Waals surface area (Å²) in [5, 5.41) is 9.41. The number of anilines is 3. The SMILES string of the molecule is C=C(c1csc(CN(Cc2ccc3c(c2)OCO3)Cc2ccc(OC)cc2OC)n1)N1CCN(c2cccc(Cl)c2)CC1.C=C(c1csc(CN(Cc2cccc(C(F)(F)F)c2)Cc2ccc3c(c2)OCO3)n1)N1CCN(c2cccc(C(F)(F)F)c2)CC1.COc1ccccc1N1CCN(C(=O)c2csc(CN(Cc3cccc(C)c3)Cc3ccc4c(c3)OCO4)n2)CC1. The molecule has 9 heterocycles. The number of halogens is 7. The number of rotatable bonds is 29. The smallest absolute Gasteiger partial charge is 0.416 e. The van der Waals surface area contributed by atoms with Crippen molar-refractivity contribution in [2.75, 3.05) is 135 Å². The molecule has 6 aliphatic rings. The maximum Gasteiger partial charge on any atom is 0.416 e. The molecule has 0 saturated carbocycles. The van der Waals surface area contributed by atoms with E-state index in [9.17, 15) is 31.1 Å². The maximum absolute atomic E-state index is 13.4. The number of aryl methyl sites for hydroxylation is 1. The summed E-state index contributed by atoms with van der Waals surface area (Å²) < 4.78 is 130. The van der Waals surface area contributed by atoms with E-state index in [-0.39, 0.29) is 32.8 Å². The van der Waals surface area contributed by atoms with Crippen molar-refractivity contribution in [3.8, 4) is 51.7 Å². The van der Waals surface area contributed by atoms with Crippen molar-refractivity contribution in [1.29, 1.82) is 0 Å². The van der Waals surface area contributed by atoms with Crippen LogP contribution in [0.5, 0.6) is 51.7 Å². The van der Waals surface area contributed by atoms with Gasteiger partial charge in [0.15, 0.2) is 34.5 Å². The zero-order valence-electron chi connectivity index (χ0n) is 72.4. The predicted molar refractivity (Wildman–Crippen MR) is 495 cm³/mol. The van der Waals surface area contributed by atoms with Crippen LogP contribution in [0.3, 0.4) is 0 Å². The van der Waals surface area contributed by atoms with Gasteiger partial charge in [-0.05, 0) is 132 Å². The van der Waals surface area contributed by atoms with E-state index in [2.05, 4.69) is 116 Å². The minimum Gasteiger partial charge on any atom is -0.497 e. The Hall–Kier alpha value is -12.2. The molecule has 3 saturated heterocycles. The van der Waals surface area contributed by atoms with Gasteiger partial charge in [0.05, 0.1) is 80.6 Å². The van der Waals surface area contributed by atoms with Crippen LogP contribution in [0.25, 0.3) is 11.4 Å². The van der Waals surface area contributed by atoms with Crippen LogP contribution in [-0.2, 0) is 71.3 Å². The lowest BCUT2D eigenvalue weighted by Crippen LogP contribution is -2.49. The standard InChI is InChI=1S/C33H35ClN4O4S.C33H30F6N4O2S.C32H34N4O4S/c1-23(37-11-13-38(14-12-37)27-6-4-5-26(34)16-27)29-21-43-33(35-29)20-36(18-24-7-10-30-32(15-24)42-22-41-30)19-25-8-9-28(39-2)17-31(25)40-3;1-22(42-10-12-43(13-11-42)27-7-3-6-26(16-27)33(37,38)39)28-20-46-31(40-28)19-41(17-23-4-2-5-25(14-23)32(34,35)36)18-24-8-9-29-30(15-24)45-21-44-29;1-23-6-5-7-24(16-23)18-34(19-25-10-11-29-30(17-25)40-22-39-29)20-31-33-26(21-41-31)32(37)36-14-12-35(13-15-36)27-8-3-4-9-28(27)38-2/h4-10,15-17,21H,1,11-14,18-20,22H2,2-3H3;2-9,14-16,20H,1,10-13,17-19,21H2;3-11,16-17,21H,12-15,18-20,22H2,1-2H3. The molecule has 0 radical (unpaired) electrons. The highest BCUT2D eigenvalue weighted by molar-refractivity contribution is 7.10. The topological polar surface area (TPSA) is 168 Å². The fourth-order valence-electron chi connectivity index (χ4n) is 16.4. The molecule has 12 aromatic rings. The summed E-state index contributed by atoms with van der Waals surface area (Å²) in [4.78, 5) is 47.6. The van der Waals surface area contributed by atoms with Gasteiger partial charge in [-0.25, -0.2) is 15.0 Å². The molecule has 3 fully saturated rings. The lowest BCUT2D eigenvalue weighted by Gasteiger charge is -2.38. The summed E-state index contributed by atoms with van der Waals surface area (Å²) >= 11 is 10.9. The first-order valence-electron chi connectivity index (χ1n) is 42.5. The van der Waals surface area contributed by atoms with Gasteiger partial charge in [-0.3, -0.25) is 19.5 Å². The minimum absolute atomic E-state index is 0.00631. The van der Waals surface area contributed by atoms with Crippen LogP contribution >= 0.6 is 45.6 Å². The normalized spacial score (nSPS) is 14.7. The van der Waals surface area contributed by atoms with E-state index < -0.39 is 23.5 Å². The van der Waals surface area contributed by atoms with Crippen LogP contribution in [0.1, 0.15) is 87.0 Å². The number of aromatic nitrogens is 3. The van der Waals surface area contributed by atoms with Gasteiger partial charge >= 0.3 is 12.4 Å². The molecule has 6 aliphatic heterocycles. The number of nitrogens with zero attached hydrogens (tertiary/aromatic N) is 12. The van der Waals surface area contributed by atoms with Crippen molar-refractivity contribution < 1.29 is 73.8 Å². The van der Waals surface area contributed by atoms with Gasteiger partial charge in [-0.2, -0.15) is 26.3 Å². The Morgan fingerprint density at radius 1 is 0.400 bits per heavy atom. The van der Waals surface area contributed by atoms with E-state index in [1.807, 2.05) is 110 Å². The van der Waals surface area contributed by atoms with Crippen LogP contribution in [0, 0.1) is 6.92 Å². The number of hydrogen-bond donors (Lipinski definition) is 0. The van der Waals surface area contributed by atoms with Gasteiger partial charge in [0.1, 0.15) is 38.0 Å². The molecule has 3 aromatic heterocycles. The van der Waals surface area contributed by atoms with Gasteiger partial charge in [0.2, 0.25) is 20.4 Å². The Labute approximate surface area is 768 Å². The van der Waals surface area contributed by atoms with Crippen molar-refractivity contribution in [1.82, 2.24) is 44.4 Å². The number of piperazine rings is 3. The first-order chi connectivity index (χ1) is 63.0. The molecule has 0 atom stereocenters. The summed E-state index contributed by atoms with van der Waals surface area (Å²) in [7, 11) is 5.04. The lowest BCUT2D eigenvalue weighted by atomic mass is 10.1. The van der Waals surface area contributed by atoms with Gasteiger partial charge < -0.3 is 72.0 Å². The third kappa shape index (κ3) is 23.3. The molecule has 32 heteroatoms. The van der Waals surface area contributed by atoms with Gasteiger partial charge in [0, 0.05) is 162 Å². The van der Waals surface area contributed by atoms with Crippen molar-refractivity contribution >= 4 is 80.0 Å². The molecular weight excluding hydrogens is 1750 g/mol. The molecule has 678 valence electrons. The van der Waals surface area contributed by atoms with Crippen molar-refractivity contribution in [3.05, 3.63) is 311 Å². The summed E-state index contributed by atoms with van der Waals surface area (Å²) in [5.74, 6) is 6.80. The monoisotopic (exact) mass is 1850 g/mol. The zero-order valence-corrected chi connectivity index (χ0v) is 75.6. The Bertz CT molecular complexity index is 5940. The molecule has 1 amide bonds. The summed E-state index contributed by atoms with van der Waals surface area (Å²) in [6.07, 6.45) is -8.84. The number of carbonyl (C=O) groups excluding carboxylic acids is 1. The number of methoxy groups -OCH3 is 3. The van der Waals surface area contributed by atoms with Crippen LogP contribution in [0.15, 0.2) is 223 Å². The Balaban J connectivity index is 0.000000143. The van der Waals surface area contributed by atoms with Crippen molar-refractivity contribution in [3.63, 3.8) is 0 Å². The fraction of sp³-hybridized carbons (Fsp3) is 0.306. The largest absolute Gasteiger partial charge is 0.497 e. The third-order valence-electron chi connectivity index (χ3n) is 23.1. The second kappa shape index (κ2) is 41.7. The van der Waals surface area contributed by atoms with E-state index in [1.54, 1.807) is 56.1 Å². The second-order valence-electron chi connectivity index (χ2n) is 32.1. The quantitative estimate of drug-likeness (QED) is 0.0406. The first kappa shape index (κ1) is 91.1. The molecule has 0 aliphatic carbocycles. The summed E-state index contributed by atoms with van der Waals surface area (Å²) in [5.41, 5.74) is 12.5. The number of fused-ring (bicyclic) bond motifs is 3. The summed E-state index contributed by atoms with van der Waals surface area (Å²) in [6, 6.07) is 59.1. The molecule has 0 N–H and O–H groups in total. The lowest BCUT2D eigenvalue weighted by molar-refractivity contribution is -0.138. The van der Waals surface area contributed by atoms with Gasteiger partial charge in [0.25, 0.3) is 5.91 Å². The molecular formula is C98H99ClF6N12O10S3. The van der Waals surface area contributed by atoms with E-state index in [0.29, 0.717) is 118 Å². The average molecular weight is 1850 g/mol. The van der Waals surface area contributed by atoms with E-state index in [1.165, 1.54) is 46.7 Å². The molecule has 0 bridgehead atoms. The third-order valence-corrected chi connectivity index (χ3v) is 25.9. The minimum atomic E-state index is -4.44. The highest BCUT2D eigenvalue weighted by Gasteiger charge is 2.34. The van der Waals surface area contributed by atoms with Crippen molar-refractivity contribution in [2.45, 2.75) is 78.2 Å². The van der Waals surface area contributed by atoms with Crippen LogP contribution < -0.4 is 57.3 Å². The number of thiazole rings is 3. The molecule has 0 spiro atoms. The van der Waals surface area contributed by atoms with E-state index in [4.69, 9.17) is 69.2 Å². The van der Waals surface area contributed by atoms with Crippen LogP contribution in [0.2, 0.25) is 5.02 Å². The summed E-state index contributed by atoms with van der Waals surface area (Å²) in [6.45, 7) is 25.2. The maximum atomic E-state index is 13.4. The molecule has 18 rings (SSSR count). The number of ether oxygens (including phenoxy) is 9. The van der Waals surface area contributed by atoms with Crippen LogP contribution in [-0.4, -0.2) is 171 Å². The molecule has 0 unspecified atom stereocenters. The highest BCUT2D eigenvalue weighted by atomic mass is 35.5. The predicted octanol–water partition coefficient (Wildman–Crippen LogP) is 19.8. The van der Waals surface area contributed by atoms with Crippen LogP contribution in [0.4, 0.5) is 43.4 Å². The van der Waals surface area contributed by atoms with Gasteiger partial charge in [-0.1, -0.05) is 121 Å². The Morgan fingerprint density at radius 2 is 0.815 bits per heavy atom. The number of amides is 1. The molecule has 130 heavy (non-hydrogen) atoms. The number of para-hydroxylation sites is 2. The Morgan fingerprint density at radius 3 is 1.30 bits per heavy atom. The highest BCUT2D eigenvalue weighted by Crippen LogP contribution is 2.41. The first-order valence-corrected chi connectivity index (χ1v) is 45.6. The van der Waals surface area contributed by atoms with E-state index >= 15 is 0 Å². The van der Waals surface area contributed by atoms with E-state index in [0.717, 1.165) is 170 Å². The molecule has 9 aromatic carbocycles. The fourth-order valence-corrected chi connectivity index (χ4v) is 19.1. The number of alkyl halides is 6. The van der Waals surface area contributed by atoms with Crippen molar-refractivity contribution in [2.24, 2.45) is 0 Å². The average Bonchev–Trinajstić information content (AvgIpc) is 1.64. The molecule has 22 nitrogen and oxygen atoms in total. The zero-order chi connectivity index (χ0) is 90.4. The number of benzene rings is 9. The second-order valence-corrected chi connectivity index (χ2v) is 35.3. The number of hydrogen-bond acceptors (Lipinski definition) is 24. The number of carbonyl (C=O) groups is 1. The Kier molecular flexibility index (Phi) is 29.2. The van der Waals surface area contributed by atoms with Gasteiger partial charge in [-0.15, -0.1) is 34.0 Å².